The summed E-state index contributed by atoms with van der Waals surface area (Å²) in [5, 5.41) is 0. The van der Waals surface area contributed by atoms with Crippen molar-refractivity contribution in [2.45, 2.75) is 41.5 Å². The zero-order valence-electron chi connectivity index (χ0n) is 12.8. The molecule has 0 aromatic carbocycles. The molecule has 0 aromatic heterocycles. The SMILES string of the molecule is C=C/C=C\N=C(C)C(=C)N=C/C=C\C.CC.CC. The molecule has 0 fully saturated rings. The fraction of sp³-hybridized carbons (Fsp3) is 0.375. The summed E-state index contributed by atoms with van der Waals surface area (Å²) in [4.78, 5) is 8.22. The van der Waals surface area contributed by atoms with E-state index in [9.17, 15) is 0 Å². The molecule has 0 atom stereocenters. The van der Waals surface area contributed by atoms with Crippen molar-refractivity contribution in [1.29, 1.82) is 0 Å². The van der Waals surface area contributed by atoms with Gasteiger partial charge in [0.05, 0.1) is 11.4 Å². The van der Waals surface area contributed by atoms with Crippen LogP contribution < -0.4 is 0 Å². The molecule has 0 N–H and O–H groups in total. The van der Waals surface area contributed by atoms with E-state index in [1.807, 2.05) is 53.7 Å². The van der Waals surface area contributed by atoms with Crippen LogP contribution in [0.15, 0.2) is 59.3 Å². The van der Waals surface area contributed by atoms with Crippen LogP contribution in [0.25, 0.3) is 0 Å². The van der Waals surface area contributed by atoms with E-state index in [0.717, 1.165) is 5.71 Å². The molecular formula is C16H28N2. The summed E-state index contributed by atoms with van der Waals surface area (Å²) in [7, 11) is 0. The average Bonchev–Trinajstić information content (AvgIpc) is 2.43. The van der Waals surface area contributed by atoms with E-state index >= 15 is 0 Å². The van der Waals surface area contributed by atoms with Crippen LogP contribution in [-0.2, 0) is 0 Å². The highest BCUT2D eigenvalue weighted by Gasteiger charge is 1.91. The maximum Gasteiger partial charge on any atom is 0.0769 e. The van der Waals surface area contributed by atoms with Crippen LogP contribution in [-0.4, -0.2) is 11.9 Å². The van der Waals surface area contributed by atoms with Gasteiger partial charge in [-0.1, -0.05) is 53.0 Å². The third kappa shape index (κ3) is 16.7. The monoisotopic (exact) mass is 248 g/mol. The molecule has 0 saturated carbocycles. The van der Waals surface area contributed by atoms with Crippen LogP contribution in [0.3, 0.4) is 0 Å². The van der Waals surface area contributed by atoms with Crippen LogP contribution in [0.4, 0.5) is 0 Å². The number of hydrogen-bond acceptors (Lipinski definition) is 2. The van der Waals surface area contributed by atoms with E-state index in [1.54, 1.807) is 24.6 Å². The van der Waals surface area contributed by atoms with Gasteiger partial charge >= 0.3 is 0 Å². The molecule has 102 valence electrons. The van der Waals surface area contributed by atoms with Crippen LogP contribution in [0.1, 0.15) is 41.5 Å². The number of aliphatic imine (C=N–C) groups is 2. The van der Waals surface area contributed by atoms with E-state index in [1.165, 1.54) is 0 Å². The molecule has 0 amide bonds. The van der Waals surface area contributed by atoms with E-state index in [-0.39, 0.29) is 0 Å². The highest BCUT2D eigenvalue weighted by molar-refractivity contribution is 5.99. The summed E-state index contributed by atoms with van der Waals surface area (Å²) in [6.07, 6.45) is 10.5. The van der Waals surface area contributed by atoms with Crippen LogP contribution in [0.2, 0.25) is 0 Å². The van der Waals surface area contributed by atoms with Crippen LogP contribution in [0.5, 0.6) is 0 Å². The second-order valence-electron chi connectivity index (χ2n) is 2.54. The second-order valence-corrected chi connectivity index (χ2v) is 2.54. The maximum absolute atomic E-state index is 4.12. The number of allylic oxidation sites excluding steroid dienone is 5. The minimum absolute atomic E-state index is 0.664. The lowest BCUT2D eigenvalue weighted by atomic mass is 10.3. The first-order chi connectivity index (χ1) is 8.72. The van der Waals surface area contributed by atoms with Gasteiger partial charge in [-0.25, -0.2) is 0 Å². The molecule has 0 saturated heterocycles. The van der Waals surface area contributed by atoms with Gasteiger partial charge in [0.25, 0.3) is 0 Å². The Morgan fingerprint density at radius 3 is 2.06 bits per heavy atom. The Labute approximate surface area is 113 Å². The molecule has 0 spiro atoms. The Kier molecular flexibility index (Phi) is 24.8. The second kappa shape index (κ2) is 20.7. The van der Waals surface area contributed by atoms with E-state index in [2.05, 4.69) is 23.1 Å². The van der Waals surface area contributed by atoms with Gasteiger partial charge in [-0.05, 0) is 26.0 Å². The topological polar surface area (TPSA) is 24.7 Å². The van der Waals surface area contributed by atoms with Crippen molar-refractivity contribution in [1.82, 2.24) is 0 Å². The van der Waals surface area contributed by atoms with Crippen molar-refractivity contribution in [2.75, 3.05) is 0 Å². The first-order valence-electron chi connectivity index (χ1n) is 6.39. The highest BCUT2D eigenvalue weighted by Crippen LogP contribution is 1.96. The van der Waals surface area contributed by atoms with Crippen molar-refractivity contribution in [3.05, 3.63) is 49.4 Å². The molecule has 0 aliphatic rings. The summed E-state index contributed by atoms with van der Waals surface area (Å²) >= 11 is 0. The quantitative estimate of drug-likeness (QED) is 0.462. The Bertz CT molecular complexity index is 305. The van der Waals surface area contributed by atoms with Gasteiger partial charge in [0.15, 0.2) is 0 Å². The predicted octanol–water partition coefficient (Wildman–Crippen LogP) is 5.36. The van der Waals surface area contributed by atoms with E-state index in [4.69, 9.17) is 0 Å². The molecule has 0 heterocycles. The molecule has 0 aromatic rings. The lowest BCUT2D eigenvalue weighted by Gasteiger charge is -1.94. The zero-order chi connectivity index (χ0) is 14.8. The molecule has 0 aliphatic carbocycles. The maximum atomic E-state index is 4.12. The largest absolute Gasteiger partial charge is 0.259 e. The Hall–Kier alpha value is -1.70. The van der Waals surface area contributed by atoms with Crippen molar-refractivity contribution in [2.24, 2.45) is 9.98 Å². The van der Waals surface area contributed by atoms with Gasteiger partial charge in [0, 0.05) is 12.4 Å². The van der Waals surface area contributed by atoms with E-state index in [0.29, 0.717) is 5.70 Å². The summed E-state index contributed by atoms with van der Waals surface area (Å²) in [6, 6.07) is 0. The van der Waals surface area contributed by atoms with Gasteiger partial charge in [0.2, 0.25) is 0 Å². The molecule has 18 heavy (non-hydrogen) atoms. The predicted molar refractivity (Wildman–Crippen MR) is 87.6 cm³/mol. The van der Waals surface area contributed by atoms with E-state index < -0.39 is 0 Å². The third-order valence-corrected chi connectivity index (χ3v) is 1.42. The van der Waals surface area contributed by atoms with Crippen LogP contribution in [0, 0.1) is 0 Å². The molecule has 0 rings (SSSR count). The van der Waals surface area contributed by atoms with Gasteiger partial charge in [-0.3, -0.25) is 9.98 Å². The first kappa shape index (κ1) is 21.6. The van der Waals surface area contributed by atoms with Crippen molar-refractivity contribution < 1.29 is 0 Å². The minimum atomic E-state index is 0.664. The summed E-state index contributed by atoms with van der Waals surface area (Å²) < 4.78 is 0. The van der Waals surface area contributed by atoms with Crippen molar-refractivity contribution in [3.63, 3.8) is 0 Å². The molecule has 0 unspecified atom stereocenters. The third-order valence-electron chi connectivity index (χ3n) is 1.42. The zero-order valence-corrected chi connectivity index (χ0v) is 12.8. The fourth-order valence-corrected chi connectivity index (χ4v) is 0.603. The van der Waals surface area contributed by atoms with Crippen LogP contribution >= 0.6 is 0 Å². The molecule has 2 heteroatoms. The van der Waals surface area contributed by atoms with Crippen molar-refractivity contribution >= 4 is 11.9 Å². The first-order valence-corrected chi connectivity index (χ1v) is 6.39. The molecule has 0 aliphatic heterocycles. The number of rotatable bonds is 5. The average molecular weight is 248 g/mol. The molecule has 2 nitrogen and oxygen atoms in total. The number of nitrogens with zero attached hydrogens (tertiary/aromatic N) is 2. The molecular weight excluding hydrogens is 220 g/mol. The smallest absolute Gasteiger partial charge is 0.0769 e. The summed E-state index contributed by atoms with van der Waals surface area (Å²) in [5.74, 6) is 0. The van der Waals surface area contributed by atoms with Gasteiger partial charge < -0.3 is 0 Å². The molecule has 0 bridgehead atoms. The molecule has 0 radical (unpaired) electrons. The lowest BCUT2D eigenvalue weighted by molar-refractivity contribution is 1.42. The Balaban J connectivity index is -0.000000506. The van der Waals surface area contributed by atoms with Gasteiger partial charge in [0.1, 0.15) is 0 Å². The summed E-state index contributed by atoms with van der Waals surface area (Å²) in [6.45, 7) is 19.1. The Morgan fingerprint density at radius 2 is 1.61 bits per heavy atom. The standard InChI is InChI=1S/C12H16N2.2C2H6/c1-5-7-9-13-11(3)12(4)14-10-8-6-2;2*1-2/h5-10H,1,4H2,2-3H3;2*1-2H3/b8-6-,9-7-,13-11?,14-10?;;. The normalized spacial score (nSPS) is 10.9. The van der Waals surface area contributed by atoms with Crippen molar-refractivity contribution in [3.8, 4) is 0 Å². The Morgan fingerprint density at radius 1 is 1.06 bits per heavy atom. The fourth-order valence-electron chi connectivity index (χ4n) is 0.603. The lowest BCUT2D eigenvalue weighted by Crippen LogP contribution is -1.91. The number of hydrogen-bond donors (Lipinski definition) is 0. The highest BCUT2D eigenvalue weighted by atomic mass is 14.8. The van der Waals surface area contributed by atoms with Gasteiger partial charge in [-0.15, -0.1) is 0 Å². The van der Waals surface area contributed by atoms with Gasteiger partial charge in [-0.2, -0.15) is 0 Å². The minimum Gasteiger partial charge on any atom is -0.259 e. The summed E-state index contributed by atoms with van der Waals surface area (Å²) in [5.41, 5.74) is 1.46.